The first-order chi connectivity index (χ1) is 8.11. The summed E-state index contributed by atoms with van der Waals surface area (Å²) in [5, 5.41) is 11.4. The lowest BCUT2D eigenvalue weighted by Gasteiger charge is -2.12. The molecule has 1 saturated carbocycles. The first kappa shape index (κ1) is 13.5. The van der Waals surface area contributed by atoms with Gasteiger partial charge >= 0.3 is 12.1 Å². The first-order valence-electron chi connectivity index (χ1n) is 5.87. The second-order valence-corrected chi connectivity index (χ2v) is 4.34. The van der Waals surface area contributed by atoms with Gasteiger partial charge < -0.3 is 15.2 Å². The van der Waals surface area contributed by atoms with Crippen LogP contribution in [0.3, 0.4) is 0 Å². The lowest BCUT2D eigenvalue weighted by atomic mass is 10.0. The molecule has 1 amide bonds. The molecule has 0 saturated heterocycles. The quantitative estimate of drug-likeness (QED) is 0.697. The Kier molecular flexibility index (Phi) is 5.52. The third kappa shape index (κ3) is 5.38. The highest BCUT2D eigenvalue weighted by molar-refractivity contribution is 5.67. The molecular formula is C12H19NO4. The summed E-state index contributed by atoms with van der Waals surface area (Å²) in [7, 11) is 0. The SMILES string of the molecule is C=CCOC(=O)N[C@H]1CC[C@@H](CCC(=O)O)C1. The molecule has 0 aromatic rings. The first-order valence-corrected chi connectivity index (χ1v) is 5.87. The number of hydrogen-bond donors (Lipinski definition) is 2. The van der Waals surface area contributed by atoms with Crippen molar-refractivity contribution in [1.29, 1.82) is 0 Å². The van der Waals surface area contributed by atoms with Crippen molar-refractivity contribution in [2.75, 3.05) is 6.61 Å². The summed E-state index contributed by atoms with van der Waals surface area (Å²) in [6, 6.07) is 0.117. The molecule has 0 heterocycles. The molecule has 1 aliphatic carbocycles. The normalized spacial score (nSPS) is 23.1. The second-order valence-electron chi connectivity index (χ2n) is 4.34. The molecule has 2 N–H and O–H groups in total. The molecule has 0 aliphatic heterocycles. The number of carbonyl (C=O) groups excluding carboxylic acids is 1. The molecule has 0 bridgehead atoms. The molecule has 17 heavy (non-hydrogen) atoms. The van der Waals surface area contributed by atoms with Gasteiger partial charge in [-0.1, -0.05) is 12.7 Å². The van der Waals surface area contributed by atoms with Crippen molar-refractivity contribution < 1.29 is 19.4 Å². The molecule has 0 unspecified atom stereocenters. The monoisotopic (exact) mass is 241 g/mol. The van der Waals surface area contributed by atoms with Crippen molar-refractivity contribution in [3.05, 3.63) is 12.7 Å². The molecule has 0 spiro atoms. The summed E-state index contributed by atoms with van der Waals surface area (Å²) in [5.41, 5.74) is 0. The molecule has 5 nitrogen and oxygen atoms in total. The molecule has 1 rings (SSSR count). The van der Waals surface area contributed by atoms with Gasteiger partial charge in [-0.2, -0.15) is 0 Å². The lowest BCUT2D eigenvalue weighted by molar-refractivity contribution is -0.137. The molecule has 1 aliphatic rings. The molecule has 0 aromatic carbocycles. The van der Waals surface area contributed by atoms with Gasteiger partial charge in [0.25, 0.3) is 0 Å². The maximum atomic E-state index is 11.3. The van der Waals surface area contributed by atoms with Crippen LogP contribution in [0.2, 0.25) is 0 Å². The van der Waals surface area contributed by atoms with E-state index >= 15 is 0 Å². The number of carbonyl (C=O) groups is 2. The Morgan fingerprint density at radius 2 is 2.24 bits per heavy atom. The number of aliphatic carboxylic acids is 1. The van der Waals surface area contributed by atoms with Crippen molar-refractivity contribution in [2.45, 2.75) is 38.1 Å². The summed E-state index contributed by atoms with van der Waals surface area (Å²) in [6.45, 7) is 3.67. The van der Waals surface area contributed by atoms with Crippen LogP contribution in [-0.2, 0) is 9.53 Å². The Hall–Kier alpha value is -1.52. The number of carboxylic acid groups (broad SMARTS) is 1. The predicted octanol–water partition coefficient (Wildman–Crippen LogP) is 1.93. The summed E-state index contributed by atoms with van der Waals surface area (Å²) < 4.78 is 4.82. The molecular weight excluding hydrogens is 222 g/mol. The summed E-state index contributed by atoms with van der Waals surface area (Å²) in [5.74, 6) is -0.359. The number of ether oxygens (including phenoxy) is 1. The Labute approximate surface area is 101 Å². The van der Waals surface area contributed by atoms with Crippen molar-refractivity contribution in [1.82, 2.24) is 5.32 Å². The van der Waals surface area contributed by atoms with Gasteiger partial charge in [0.1, 0.15) is 6.61 Å². The highest BCUT2D eigenvalue weighted by Crippen LogP contribution is 2.29. The fourth-order valence-electron chi connectivity index (χ4n) is 2.14. The number of amides is 1. The van der Waals surface area contributed by atoms with Crippen LogP contribution in [0.15, 0.2) is 12.7 Å². The number of alkyl carbamates (subject to hydrolysis) is 1. The van der Waals surface area contributed by atoms with E-state index in [9.17, 15) is 9.59 Å². The van der Waals surface area contributed by atoms with E-state index in [1.807, 2.05) is 0 Å². The van der Waals surface area contributed by atoms with Gasteiger partial charge in [-0.15, -0.1) is 0 Å². The van der Waals surface area contributed by atoms with E-state index in [1.54, 1.807) is 0 Å². The summed E-state index contributed by atoms with van der Waals surface area (Å²) in [6.07, 6.45) is 4.70. The van der Waals surface area contributed by atoms with E-state index < -0.39 is 12.1 Å². The zero-order chi connectivity index (χ0) is 12.7. The minimum Gasteiger partial charge on any atom is -0.481 e. The van der Waals surface area contributed by atoms with Crippen molar-refractivity contribution in [3.63, 3.8) is 0 Å². The average molecular weight is 241 g/mol. The number of hydrogen-bond acceptors (Lipinski definition) is 3. The summed E-state index contributed by atoms with van der Waals surface area (Å²) >= 11 is 0. The average Bonchev–Trinajstić information content (AvgIpc) is 2.71. The molecule has 0 radical (unpaired) electrons. The van der Waals surface area contributed by atoms with Crippen LogP contribution in [0.25, 0.3) is 0 Å². The van der Waals surface area contributed by atoms with Crippen LogP contribution in [0, 0.1) is 5.92 Å². The van der Waals surface area contributed by atoms with Crippen LogP contribution >= 0.6 is 0 Å². The van der Waals surface area contributed by atoms with Crippen LogP contribution in [0.5, 0.6) is 0 Å². The second kappa shape index (κ2) is 6.93. The highest BCUT2D eigenvalue weighted by atomic mass is 16.5. The van der Waals surface area contributed by atoms with Crippen molar-refractivity contribution >= 4 is 12.1 Å². The van der Waals surface area contributed by atoms with Crippen LogP contribution in [-0.4, -0.2) is 29.8 Å². The fraction of sp³-hybridized carbons (Fsp3) is 0.667. The van der Waals surface area contributed by atoms with Crippen LogP contribution < -0.4 is 5.32 Å². The molecule has 5 heteroatoms. The topological polar surface area (TPSA) is 75.6 Å². The Bertz CT molecular complexity index is 290. The molecule has 96 valence electrons. The van der Waals surface area contributed by atoms with Gasteiger partial charge in [0.2, 0.25) is 0 Å². The van der Waals surface area contributed by atoms with Gasteiger partial charge in [0.15, 0.2) is 0 Å². The van der Waals surface area contributed by atoms with Gasteiger partial charge in [-0.25, -0.2) is 4.79 Å². The van der Waals surface area contributed by atoms with Gasteiger partial charge in [-0.05, 0) is 31.6 Å². The Morgan fingerprint density at radius 3 is 2.88 bits per heavy atom. The standard InChI is InChI=1S/C12H19NO4/c1-2-7-17-12(16)13-10-5-3-9(8-10)4-6-11(14)15/h2,9-10H,1,3-8H2,(H,13,16)(H,14,15)/t9-,10-/m0/s1. The van der Waals surface area contributed by atoms with Crippen molar-refractivity contribution in [3.8, 4) is 0 Å². The zero-order valence-corrected chi connectivity index (χ0v) is 9.85. The maximum Gasteiger partial charge on any atom is 0.407 e. The van der Waals surface area contributed by atoms with E-state index in [1.165, 1.54) is 6.08 Å². The molecule has 2 atom stereocenters. The van der Waals surface area contributed by atoms with E-state index in [-0.39, 0.29) is 19.1 Å². The molecule has 1 fully saturated rings. The van der Waals surface area contributed by atoms with E-state index in [0.717, 1.165) is 19.3 Å². The van der Waals surface area contributed by atoms with E-state index in [4.69, 9.17) is 9.84 Å². The largest absolute Gasteiger partial charge is 0.481 e. The number of nitrogens with one attached hydrogen (secondary N) is 1. The van der Waals surface area contributed by atoms with Crippen molar-refractivity contribution in [2.24, 2.45) is 5.92 Å². The van der Waals surface area contributed by atoms with E-state index in [0.29, 0.717) is 12.3 Å². The predicted molar refractivity (Wildman–Crippen MR) is 62.7 cm³/mol. The maximum absolute atomic E-state index is 11.3. The van der Waals surface area contributed by atoms with E-state index in [2.05, 4.69) is 11.9 Å². The van der Waals surface area contributed by atoms with Gasteiger partial charge in [0, 0.05) is 12.5 Å². The Morgan fingerprint density at radius 1 is 1.47 bits per heavy atom. The smallest absolute Gasteiger partial charge is 0.407 e. The fourth-order valence-corrected chi connectivity index (χ4v) is 2.14. The number of rotatable bonds is 6. The van der Waals surface area contributed by atoms with Crippen LogP contribution in [0.1, 0.15) is 32.1 Å². The Balaban J connectivity index is 2.18. The minimum absolute atomic E-state index is 0.117. The third-order valence-electron chi connectivity index (χ3n) is 2.96. The van der Waals surface area contributed by atoms with Crippen LogP contribution in [0.4, 0.5) is 4.79 Å². The highest BCUT2D eigenvalue weighted by Gasteiger charge is 2.26. The number of carboxylic acids is 1. The van der Waals surface area contributed by atoms with Gasteiger partial charge in [-0.3, -0.25) is 4.79 Å². The zero-order valence-electron chi connectivity index (χ0n) is 9.85. The van der Waals surface area contributed by atoms with Gasteiger partial charge in [0.05, 0.1) is 0 Å². The third-order valence-corrected chi connectivity index (χ3v) is 2.96. The lowest BCUT2D eigenvalue weighted by Crippen LogP contribution is -2.33. The molecule has 0 aromatic heterocycles. The minimum atomic E-state index is -0.758. The summed E-state index contributed by atoms with van der Waals surface area (Å²) in [4.78, 5) is 21.7.